The number of aryl methyl sites for hydroxylation is 4. The summed E-state index contributed by atoms with van der Waals surface area (Å²) >= 11 is 0. The maximum Gasteiger partial charge on any atom is 4.00 e. The number of phosphoric acid groups is 2. The zero-order chi connectivity index (χ0) is 46.2. The van der Waals surface area contributed by atoms with E-state index < -0.39 is 101 Å². The number of nitrogens with zero attached hydrogens (tertiary/aromatic N) is 6. The van der Waals surface area contributed by atoms with Crippen molar-refractivity contribution in [3.05, 3.63) is 88.2 Å². The Labute approximate surface area is 371 Å². The number of hydrogen-bond acceptors (Lipinski definition) is 22. The van der Waals surface area contributed by atoms with Gasteiger partial charge in [0.1, 0.15) is 36.6 Å². The molecule has 0 amide bonds. The van der Waals surface area contributed by atoms with Gasteiger partial charge in [0.05, 0.1) is 64.0 Å². The predicted octanol–water partition coefficient (Wildman–Crippen LogP) is -5.74. The Morgan fingerprint density at radius 2 is 0.921 bits per heavy atom. The zero-order valence-corrected chi connectivity index (χ0v) is 37.5. The van der Waals surface area contributed by atoms with Crippen LogP contribution in [0.3, 0.4) is 0 Å². The standard InChI is InChI=1S/2C17H21N4O9P.Zr/c2*1-7-3-9-10(4-8(7)2)21(15-13(18-9)16(25)20-17(26)19-15)5-12(30-31(27,28)29)14(24)11(23)6-22;/h2*3-4,11-12,14,22-24H,5-6H2,1-2H3,(H,20,25,26)(H2,27,28,29);/q;;+4/p-4/t2*11-,12+,14-;/m00./s1. The Morgan fingerprint density at radius 1 is 0.603 bits per heavy atom. The van der Waals surface area contributed by atoms with E-state index in [9.17, 15) is 68.3 Å². The Hall–Kier alpha value is -4.14. The average Bonchev–Trinajstić information content (AvgIpc) is 3.17. The van der Waals surface area contributed by atoms with Gasteiger partial charge in [-0.2, -0.15) is 9.97 Å². The number of H-pyrrole nitrogens is 2. The fourth-order valence-corrected chi connectivity index (χ4v) is 7.33. The van der Waals surface area contributed by atoms with Gasteiger partial charge in [-0.25, -0.2) is 19.6 Å². The Morgan fingerprint density at radius 3 is 1.22 bits per heavy atom. The topological polar surface area (TPSA) is 428 Å². The molecule has 0 bridgehead atoms. The van der Waals surface area contributed by atoms with Crippen molar-refractivity contribution in [3.8, 4) is 23.0 Å². The van der Waals surface area contributed by atoms with Crippen LogP contribution in [0.4, 0.5) is 0 Å². The van der Waals surface area contributed by atoms with E-state index in [2.05, 4.69) is 29.0 Å². The first-order valence-corrected chi connectivity index (χ1v) is 20.9. The van der Waals surface area contributed by atoms with Gasteiger partial charge in [0.2, 0.25) is 0 Å². The van der Waals surface area contributed by atoms with Gasteiger partial charge in [0.25, 0.3) is 11.1 Å². The van der Waals surface area contributed by atoms with Crippen LogP contribution in [0.25, 0.3) is 45.1 Å². The molecule has 2 aromatic rings. The maximum absolute atomic E-state index is 12.3. The molecule has 26 nitrogen and oxygen atoms in total. The molecule has 0 aliphatic carbocycles. The van der Waals surface area contributed by atoms with Crippen LogP contribution in [0.15, 0.2) is 43.4 Å². The number of aromatic nitrogens is 8. The molecular formula is C34H38N8O18P2Zr. The van der Waals surface area contributed by atoms with Gasteiger partial charge < -0.3 is 77.5 Å². The van der Waals surface area contributed by atoms with E-state index in [0.29, 0.717) is 11.0 Å². The van der Waals surface area contributed by atoms with Crippen LogP contribution in [0.1, 0.15) is 22.3 Å². The molecule has 6 rings (SSSR count). The summed E-state index contributed by atoms with van der Waals surface area (Å²) in [6.45, 7) is 3.99. The van der Waals surface area contributed by atoms with Gasteiger partial charge in [-0.3, -0.25) is 19.6 Å². The van der Waals surface area contributed by atoms with Crippen LogP contribution < -0.4 is 42.1 Å². The van der Waals surface area contributed by atoms with Crippen molar-refractivity contribution in [2.45, 2.75) is 77.4 Å². The van der Waals surface area contributed by atoms with Crippen LogP contribution in [0.5, 0.6) is 0 Å². The SMILES string of the molecule is Cc1cc2nc3c(=O)[nH]c(=O)nc-3n(C[C@@H](OP(=O)([O-])[O-])[C@@H](O)[C@@H](O)CO)c2cc1C.Cc1cc2nc3c(=O)[nH]c(=O)nc-3n(C[C@@H](OP(=O)([O-])[O-])[C@@H](O)[C@@H](O)CO)c2cc1C.[Zr+4]. The number of phosphoric ester groups is 2. The second-order valence-electron chi connectivity index (χ2n) is 14.0. The molecule has 0 fully saturated rings. The number of aliphatic hydroxyl groups is 6. The number of nitrogens with one attached hydrogen (secondary N) is 2. The third-order valence-corrected chi connectivity index (χ3v) is 10.7. The van der Waals surface area contributed by atoms with E-state index in [1.807, 2.05) is 9.97 Å². The molecule has 0 radical (unpaired) electrons. The predicted molar refractivity (Wildman–Crippen MR) is 204 cm³/mol. The number of benzene rings is 2. The van der Waals surface area contributed by atoms with Crippen molar-refractivity contribution in [2.24, 2.45) is 0 Å². The Bertz CT molecular complexity index is 2700. The van der Waals surface area contributed by atoms with E-state index in [-0.39, 0.29) is 60.3 Å². The maximum atomic E-state index is 12.3. The largest absolute Gasteiger partial charge is 4.00 e. The zero-order valence-electron chi connectivity index (χ0n) is 33.3. The second-order valence-corrected chi connectivity index (χ2v) is 16.3. The summed E-state index contributed by atoms with van der Waals surface area (Å²) in [5.74, 6) is -0.508. The molecule has 6 atom stereocenters. The Balaban J connectivity index is 0.000000272. The smallest absolute Gasteiger partial charge is 0.790 e. The van der Waals surface area contributed by atoms with Gasteiger partial charge in [-0.05, 0) is 74.2 Å². The molecule has 4 heterocycles. The average molecular weight is 1000 g/mol. The first-order valence-electron chi connectivity index (χ1n) is 18.0. The normalized spacial score (nSPS) is 15.1. The van der Waals surface area contributed by atoms with Crippen LogP contribution in [-0.2, 0) is 57.5 Å². The quantitative estimate of drug-likeness (QED) is 0.0372. The van der Waals surface area contributed by atoms with Gasteiger partial charge in [0.15, 0.2) is 23.0 Å². The van der Waals surface area contributed by atoms with E-state index in [1.54, 1.807) is 52.0 Å². The fraction of sp³-hybridized carbons (Fsp3) is 0.412. The van der Waals surface area contributed by atoms with Crippen molar-refractivity contribution in [1.82, 2.24) is 39.0 Å². The molecular weight excluding hydrogens is 962 g/mol. The van der Waals surface area contributed by atoms with Gasteiger partial charge >= 0.3 is 37.6 Å². The van der Waals surface area contributed by atoms with Crippen molar-refractivity contribution in [2.75, 3.05) is 13.2 Å². The molecule has 63 heavy (non-hydrogen) atoms. The van der Waals surface area contributed by atoms with Crippen LogP contribution >= 0.6 is 15.6 Å². The molecule has 0 saturated heterocycles. The summed E-state index contributed by atoms with van der Waals surface area (Å²) in [6.07, 6.45) is -11.4. The van der Waals surface area contributed by atoms with Crippen molar-refractivity contribution in [1.29, 1.82) is 0 Å². The summed E-state index contributed by atoms with van der Waals surface area (Å²) in [7, 11) is -11.3. The molecule has 8 N–H and O–H groups in total. The number of rotatable bonds is 14. The summed E-state index contributed by atoms with van der Waals surface area (Å²) in [5.41, 5.74) is 0.149. The summed E-state index contributed by atoms with van der Waals surface area (Å²) < 4.78 is 33.7. The minimum Gasteiger partial charge on any atom is -0.790 e. The van der Waals surface area contributed by atoms with Gasteiger partial charge in [0, 0.05) is 0 Å². The number of aromatic amines is 2. The summed E-state index contributed by atoms with van der Waals surface area (Å²) in [5, 5.41) is 58.2. The minimum atomic E-state index is -5.65. The molecule has 0 aromatic heterocycles. The van der Waals surface area contributed by atoms with E-state index >= 15 is 0 Å². The first kappa shape index (κ1) is 51.5. The summed E-state index contributed by atoms with van der Waals surface area (Å²) in [4.78, 5) is 113. The third kappa shape index (κ3) is 12.2. The minimum absolute atomic E-state index is 0. The van der Waals surface area contributed by atoms with Crippen LogP contribution in [-0.4, -0.2) is 120 Å². The van der Waals surface area contributed by atoms with E-state index in [4.69, 9.17) is 10.2 Å². The molecule has 29 heteroatoms. The molecule has 0 saturated carbocycles. The third-order valence-electron chi connectivity index (χ3n) is 9.63. The Kier molecular flexibility index (Phi) is 16.6. The number of aliphatic hydroxyl groups excluding tert-OH is 6. The van der Waals surface area contributed by atoms with E-state index in [0.717, 1.165) is 22.3 Å². The molecule has 0 spiro atoms. The second kappa shape index (κ2) is 20.4. The molecule has 4 aliphatic heterocycles. The monoisotopic (exact) mass is 998 g/mol. The van der Waals surface area contributed by atoms with Crippen molar-refractivity contribution >= 4 is 37.7 Å². The van der Waals surface area contributed by atoms with E-state index in [1.165, 1.54) is 9.13 Å². The summed E-state index contributed by atoms with van der Waals surface area (Å²) in [6, 6.07) is 6.55. The fourth-order valence-electron chi connectivity index (χ4n) is 6.28. The van der Waals surface area contributed by atoms with Crippen molar-refractivity contribution in [3.63, 3.8) is 0 Å². The number of hydrogen-bond donors (Lipinski definition) is 8. The first-order chi connectivity index (χ1) is 28.8. The molecule has 4 aliphatic rings. The van der Waals surface area contributed by atoms with Crippen LogP contribution in [0.2, 0.25) is 0 Å². The molecule has 2 aromatic carbocycles. The van der Waals surface area contributed by atoms with Crippen molar-refractivity contribution < 1.29 is 94.6 Å². The molecule has 336 valence electrons. The number of fused-ring (bicyclic) bond motifs is 4. The van der Waals surface area contributed by atoms with Crippen LogP contribution in [0, 0.1) is 27.7 Å². The van der Waals surface area contributed by atoms with Gasteiger partial charge in [-0.15, -0.1) is 0 Å². The van der Waals surface area contributed by atoms with Gasteiger partial charge in [-0.1, -0.05) is 0 Å². The molecule has 0 unspecified atom stereocenters.